The summed E-state index contributed by atoms with van der Waals surface area (Å²) in [5, 5.41) is 8.53. The van der Waals surface area contributed by atoms with Crippen molar-refractivity contribution in [3.63, 3.8) is 0 Å². The minimum Gasteiger partial charge on any atom is -0.493 e. The fourth-order valence-corrected chi connectivity index (χ4v) is 2.60. The van der Waals surface area contributed by atoms with Gasteiger partial charge in [-0.05, 0) is 19.2 Å². The van der Waals surface area contributed by atoms with Gasteiger partial charge in [0.2, 0.25) is 5.65 Å². The van der Waals surface area contributed by atoms with E-state index >= 15 is 0 Å². The standard InChI is InChI=1S/C14H21N5O/c1-17-8-10-18(11-9-17)7-5-13-15-16-14-12(20-2)4-3-6-19(13)14/h3-4,6H,5,7-11H2,1-2H3. The van der Waals surface area contributed by atoms with Crippen LogP contribution in [0.5, 0.6) is 5.75 Å². The average molecular weight is 275 g/mol. The molecular formula is C14H21N5O. The first-order valence-electron chi connectivity index (χ1n) is 7.05. The summed E-state index contributed by atoms with van der Waals surface area (Å²) in [6.07, 6.45) is 2.91. The number of methoxy groups -OCH3 is 1. The number of fused-ring (bicyclic) bond motifs is 1. The third-order valence-corrected chi connectivity index (χ3v) is 3.94. The second-order valence-corrected chi connectivity index (χ2v) is 5.28. The summed E-state index contributed by atoms with van der Waals surface area (Å²) in [5.74, 6) is 1.77. The van der Waals surface area contributed by atoms with Crippen molar-refractivity contribution in [1.82, 2.24) is 24.4 Å². The van der Waals surface area contributed by atoms with Crippen molar-refractivity contribution < 1.29 is 4.74 Å². The maximum absolute atomic E-state index is 5.31. The number of aromatic nitrogens is 3. The number of ether oxygens (including phenoxy) is 1. The van der Waals surface area contributed by atoms with Crippen LogP contribution in [0, 0.1) is 0 Å². The lowest BCUT2D eigenvalue weighted by Crippen LogP contribution is -2.45. The van der Waals surface area contributed by atoms with Crippen molar-refractivity contribution in [1.29, 1.82) is 0 Å². The predicted octanol–water partition coefficient (Wildman–Crippen LogP) is 0.528. The van der Waals surface area contributed by atoms with Gasteiger partial charge in [0.15, 0.2) is 5.75 Å². The SMILES string of the molecule is COc1cccn2c(CCN3CCN(C)CC3)nnc12. The molecule has 20 heavy (non-hydrogen) atoms. The number of hydrogen-bond acceptors (Lipinski definition) is 5. The van der Waals surface area contributed by atoms with Crippen LogP contribution in [0.25, 0.3) is 5.65 Å². The van der Waals surface area contributed by atoms with Gasteiger partial charge in [0.1, 0.15) is 5.82 Å². The van der Waals surface area contributed by atoms with E-state index in [4.69, 9.17) is 4.74 Å². The van der Waals surface area contributed by atoms with Gasteiger partial charge in [0, 0.05) is 45.3 Å². The fourth-order valence-electron chi connectivity index (χ4n) is 2.60. The Kier molecular flexibility index (Phi) is 3.84. The lowest BCUT2D eigenvalue weighted by atomic mass is 10.3. The van der Waals surface area contributed by atoms with E-state index in [-0.39, 0.29) is 0 Å². The average Bonchev–Trinajstić information content (AvgIpc) is 2.90. The monoisotopic (exact) mass is 275 g/mol. The first-order chi connectivity index (χ1) is 9.78. The highest BCUT2D eigenvalue weighted by atomic mass is 16.5. The molecule has 2 aromatic heterocycles. The van der Waals surface area contributed by atoms with Gasteiger partial charge >= 0.3 is 0 Å². The quantitative estimate of drug-likeness (QED) is 0.814. The molecule has 0 N–H and O–H groups in total. The highest BCUT2D eigenvalue weighted by Crippen LogP contribution is 2.17. The Hall–Kier alpha value is -1.66. The first-order valence-corrected chi connectivity index (χ1v) is 7.05. The van der Waals surface area contributed by atoms with Gasteiger partial charge in [0.05, 0.1) is 7.11 Å². The van der Waals surface area contributed by atoms with E-state index in [1.165, 1.54) is 0 Å². The molecule has 0 saturated carbocycles. The van der Waals surface area contributed by atoms with Gasteiger partial charge in [-0.2, -0.15) is 0 Å². The molecule has 0 unspecified atom stereocenters. The molecule has 3 heterocycles. The third-order valence-electron chi connectivity index (χ3n) is 3.94. The highest BCUT2D eigenvalue weighted by Gasteiger charge is 2.15. The Bertz CT molecular complexity index is 574. The molecule has 0 spiro atoms. The van der Waals surface area contributed by atoms with Gasteiger partial charge in [0.25, 0.3) is 0 Å². The van der Waals surface area contributed by atoms with Crippen LogP contribution >= 0.6 is 0 Å². The minimum atomic E-state index is 0.769. The number of piperazine rings is 1. The molecule has 0 aromatic carbocycles. The zero-order chi connectivity index (χ0) is 13.9. The summed E-state index contributed by atoms with van der Waals surface area (Å²) < 4.78 is 7.33. The van der Waals surface area contributed by atoms with E-state index in [2.05, 4.69) is 27.0 Å². The molecule has 2 aromatic rings. The fraction of sp³-hybridized carbons (Fsp3) is 0.571. The van der Waals surface area contributed by atoms with Gasteiger partial charge in [-0.25, -0.2) is 0 Å². The molecule has 3 rings (SSSR count). The Morgan fingerprint density at radius 3 is 2.75 bits per heavy atom. The largest absolute Gasteiger partial charge is 0.493 e. The molecule has 1 aliphatic heterocycles. The molecule has 6 nitrogen and oxygen atoms in total. The number of nitrogens with zero attached hydrogens (tertiary/aromatic N) is 5. The van der Waals surface area contributed by atoms with E-state index in [9.17, 15) is 0 Å². The number of likely N-dealkylation sites (N-methyl/N-ethyl adjacent to an activating group) is 1. The van der Waals surface area contributed by atoms with Crippen LogP contribution in [0.2, 0.25) is 0 Å². The van der Waals surface area contributed by atoms with Crippen LogP contribution in [-0.2, 0) is 6.42 Å². The topological polar surface area (TPSA) is 45.9 Å². The maximum Gasteiger partial charge on any atom is 0.203 e. The number of rotatable bonds is 4. The zero-order valence-corrected chi connectivity index (χ0v) is 12.1. The minimum absolute atomic E-state index is 0.769. The van der Waals surface area contributed by atoms with Crippen LogP contribution in [0.4, 0.5) is 0 Å². The van der Waals surface area contributed by atoms with E-state index in [0.29, 0.717) is 0 Å². The maximum atomic E-state index is 5.31. The van der Waals surface area contributed by atoms with Gasteiger partial charge in [-0.3, -0.25) is 4.40 Å². The molecule has 0 radical (unpaired) electrons. The molecule has 1 saturated heterocycles. The second-order valence-electron chi connectivity index (χ2n) is 5.28. The Morgan fingerprint density at radius 1 is 1.20 bits per heavy atom. The van der Waals surface area contributed by atoms with Crippen LogP contribution in [0.3, 0.4) is 0 Å². The molecule has 108 valence electrons. The van der Waals surface area contributed by atoms with Crippen molar-refractivity contribution in [2.45, 2.75) is 6.42 Å². The molecule has 0 atom stereocenters. The Labute approximate surface area is 119 Å². The summed E-state index contributed by atoms with van der Waals surface area (Å²) in [6.45, 7) is 5.60. The van der Waals surface area contributed by atoms with Crippen LogP contribution in [-0.4, -0.2) is 71.3 Å². The van der Waals surface area contributed by atoms with Crippen molar-refractivity contribution >= 4 is 5.65 Å². The van der Waals surface area contributed by atoms with Crippen molar-refractivity contribution in [2.75, 3.05) is 46.9 Å². The summed E-state index contributed by atoms with van der Waals surface area (Å²) in [7, 11) is 3.84. The van der Waals surface area contributed by atoms with E-state index in [1.807, 2.05) is 22.7 Å². The smallest absolute Gasteiger partial charge is 0.203 e. The molecule has 0 amide bonds. The first kappa shape index (κ1) is 13.3. The molecule has 1 fully saturated rings. The zero-order valence-electron chi connectivity index (χ0n) is 12.1. The molecule has 0 aliphatic carbocycles. The van der Waals surface area contributed by atoms with E-state index in [0.717, 1.165) is 56.4 Å². The Balaban J connectivity index is 1.69. The summed E-state index contributed by atoms with van der Waals surface area (Å²) in [4.78, 5) is 4.86. The van der Waals surface area contributed by atoms with Crippen molar-refractivity contribution in [3.8, 4) is 5.75 Å². The third kappa shape index (κ3) is 2.62. The number of pyridine rings is 1. The van der Waals surface area contributed by atoms with E-state index < -0.39 is 0 Å². The van der Waals surface area contributed by atoms with Gasteiger partial charge < -0.3 is 14.5 Å². The van der Waals surface area contributed by atoms with Crippen LogP contribution in [0.15, 0.2) is 18.3 Å². The van der Waals surface area contributed by atoms with Gasteiger partial charge in [-0.15, -0.1) is 10.2 Å². The summed E-state index contributed by atoms with van der Waals surface area (Å²) in [5.41, 5.74) is 0.795. The molecule has 6 heteroatoms. The normalized spacial score (nSPS) is 17.7. The summed E-state index contributed by atoms with van der Waals surface area (Å²) in [6, 6.07) is 3.88. The van der Waals surface area contributed by atoms with E-state index in [1.54, 1.807) is 7.11 Å². The molecule has 0 bridgehead atoms. The van der Waals surface area contributed by atoms with Crippen molar-refractivity contribution in [2.24, 2.45) is 0 Å². The molecule has 1 aliphatic rings. The van der Waals surface area contributed by atoms with Gasteiger partial charge in [-0.1, -0.05) is 0 Å². The Morgan fingerprint density at radius 2 is 2.00 bits per heavy atom. The van der Waals surface area contributed by atoms with Crippen molar-refractivity contribution in [3.05, 3.63) is 24.2 Å². The summed E-state index contributed by atoms with van der Waals surface area (Å²) >= 11 is 0. The lowest BCUT2D eigenvalue weighted by molar-refractivity contribution is 0.155. The number of hydrogen-bond donors (Lipinski definition) is 0. The predicted molar refractivity (Wildman–Crippen MR) is 77.2 cm³/mol. The van der Waals surface area contributed by atoms with Crippen LogP contribution < -0.4 is 4.74 Å². The lowest BCUT2D eigenvalue weighted by Gasteiger charge is -2.32. The van der Waals surface area contributed by atoms with Crippen LogP contribution in [0.1, 0.15) is 5.82 Å². The molecular weight excluding hydrogens is 254 g/mol. The highest BCUT2D eigenvalue weighted by molar-refractivity contribution is 5.53. The second kappa shape index (κ2) is 5.76.